The molecule has 4 nitrogen and oxygen atoms in total. The van der Waals surface area contributed by atoms with Crippen LogP contribution in [0.4, 0.5) is 4.39 Å². The minimum atomic E-state index is -1.69. The number of halogens is 2. The van der Waals surface area contributed by atoms with Gasteiger partial charge in [-0.2, -0.15) is 0 Å². The molecule has 21 heavy (non-hydrogen) atoms. The first kappa shape index (κ1) is 15.6. The second-order valence-electron chi connectivity index (χ2n) is 4.31. The molecule has 2 N–H and O–H groups in total. The van der Waals surface area contributed by atoms with Gasteiger partial charge < -0.3 is 19.5 Å². The van der Waals surface area contributed by atoms with Crippen LogP contribution in [0, 0.1) is 5.82 Å². The van der Waals surface area contributed by atoms with Gasteiger partial charge in [-0.1, -0.05) is 17.7 Å². The van der Waals surface area contributed by atoms with Crippen LogP contribution < -0.4 is 14.9 Å². The van der Waals surface area contributed by atoms with Crippen LogP contribution >= 0.6 is 11.6 Å². The molecule has 0 heterocycles. The third-order valence-electron chi connectivity index (χ3n) is 2.87. The van der Waals surface area contributed by atoms with Gasteiger partial charge in [-0.15, -0.1) is 0 Å². The molecule has 2 aromatic rings. The highest BCUT2D eigenvalue weighted by Gasteiger charge is 2.18. The van der Waals surface area contributed by atoms with E-state index in [1.807, 2.05) is 0 Å². The van der Waals surface area contributed by atoms with E-state index in [1.54, 1.807) is 18.2 Å². The molecule has 0 spiro atoms. The fourth-order valence-electron chi connectivity index (χ4n) is 1.78. The van der Waals surface area contributed by atoms with E-state index in [2.05, 4.69) is 0 Å². The first-order chi connectivity index (χ1) is 10.0. The van der Waals surface area contributed by atoms with Gasteiger partial charge in [0.05, 0.1) is 12.1 Å². The van der Waals surface area contributed by atoms with Gasteiger partial charge in [-0.25, -0.2) is 4.39 Å². The second-order valence-corrected chi connectivity index (χ2v) is 4.72. The number of ether oxygens (including phenoxy) is 2. The Morgan fingerprint density at radius 1 is 1.19 bits per heavy atom. The van der Waals surface area contributed by atoms with E-state index in [4.69, 9.17) is 21.1 Å². The summed E-state index contributed by atoms with van der Waals surface area (Å²) in [6, 6.07) is 8.92. The van der Waals surface area contributed by atoms with Gasteiger partial charge in [-0.05, 0) is 35.9 Å². The Morgan fingerprint density at radius 3 is 2.57 bits per heavy atom. The van der Waals surface area contributed by atoms with E-state index < -0.39 is 12.9 Å². The van der Waals surface area contributed by atoms with Crippen molar-refractivity contribution in [2.75, 3.05) is 7.11 Å². The van der Waals surface area contributed by atoms with Crippen LogP contribution in [0.3, 0.4) is 0 Å². The molecule has 0 unspecified atom stereocenters. The molecule has 0 radical (unpaired) electrons. The lowest BCUT2D eigenvalue weighted by molar-refractivity contribution is 0.306. The van der Waals surface area contributed by atoms with Crippen LogP contribution in [0.1, 0.15) is 5.56 Å². The van der Waals surface area contributed by atoms with E-state index in [0.29, 0.717) is 17.1 Å². The first-order valence-electron chi connectivity index (χ1n) is 6.12. The summed E-state index contributed by atoms with van der Waals surface area (Å²) in [7, 11) is -0.212. The molecular weight excluding hydrogens is 297 g/mol. The Kier molecular flexibility index (Phi) is 5.06. The zero-order chi connectivity index (χ0) is 15.4. The van der Waals surface area contributed by atoms with Crippen molar-refractivity contribution in [3.05, 3.63) is 52.8 Å². The summed E-state index contributed by atoms with van der Waals surface area (Å²) in [4.78, 5) is 0. The van der Waals surface area contributed by atoms with Gasteiger partial charge in [0.15, 0.2) is 0 Å². The normalized spacial score (nSPS) is 10.3. The Morgan fingerprint density at radius 2 is 1.95 bits per heavy atom. The minimum absolute atomic E-state index is 0.00764. The molecule has 0 aliphatic heterocycles. The molecule has 0 fully saturated rings. The molecule has 0 aliphatic rings. The maximum absolute atomic E-state index is 13.1. The topological polar surface area (TPSA) is 58.9 Å². The van der Waals surface area contributed by atoms with E-state index >= 15 is 0 Å². The SMILES string of the molecule is COc1ccc(OCc2ccc(F)c(Cl)c2)c(B(O)O)c1. The second kappa shape index (κ2) is 6.80. The van der Waals surface area contributed by atoms with Crippen molar-refractivity contribution in [2.45, 2.75) is 6.61 Å². The van der Waals surface area contributed by atoms with Crippen LogP contribution in [-0.2, 0) is 6.61 Å². The Hall–Kier alpha value is -1.76. The quantitative estimate of drug-likeness (QED) is 0.826. The zero-order valence-corrected chi connectivity index (χ0v) is 12.0. The highest BCUT2D eigenvalue weighted by Crippen LogP contribution is 2.19. The minimum Gasteiger partial charge on any atom is -0.497 e. The van der Waals surface area contributed by atoms with Gasteiger partial charge >= 0.3 is 7.12 Å². The van der Waals surface area contributed by atoms with Crippen molar-refractivity contribution >= 4 is 24.2 Å². The van der Waals surface area contributed by atoms with E-state index in [1.165, 1.54) is 25.3 Å². The fraction of sp³-hybridized carbons (Fsp3) is 0.143. The molecule has 2 aromatic carbocycles. The van der Waals surface area contributed by atoms with Crippen molar-refractivity contribution in [3.63, 3.8) is 0 Å². The average Bonchev–Trinajstić information content (AvgIpc) is 2.48. The monoisotopic (exact) mass is 310 g/mol. The van der Waals surface area contributed by atoms with Gasteiger partial charge in [0.1, 0.15) is 23.9 Å². The molecule has 0 bridgehead atoms. The molecule has 110 valence electrons. The summed E-state index contributed by atoms with van der Waals surface area (Å²) in [6.45, 7) is 0.117. The molecule has 0 amide bonds. The van der Waals surface area contributed by atoms with Crippen molar-refractivity contribution in [1.29, 1.82) is 0 Å². The van der Waals surface area contributed by atoms with Gasteiger partial charge in [0.2, 0.25) is 0 Å². The van der Waals surface area contributed by atoms with Crippen LogP contribution in [0.5, 0.6) is 11.5 Å². The van der Waals surface area contributed by atoms with Crippen molar-refractivity contribution in [2.24, 2.45) is 0 Å². The Labute approximate surface area is 126 Å². The van der Waals surface area contributed by atoms with Crippen LogP contribution in [-0.4, -0.2) is 24.3 Å². The molecule has 7 heteroatoms. The predicted molar refractivity (Wildman–Crippen MR) is 78.6 cm³/mol. The van der Waals surface area contributed by atoms with E-state index in [9.17, 15) is 14.4 Å². The summed E-state index contributed by atoms with van der Waals surface area (Å²) in [6.07, 6.45) is 0. The summed E-state index contributed by atoms with van der Waals surface area (Å²) in [5.41, 5.74) is 0.846. The van der Waals surface area contributed by atoms with Crippen LogP contribution in [0.15, 0.2) is 36.4 Å². The Bertz CT molecular complexity index is 636. The summed E-state index contributed by atoms with van der Waals surface area (Å²) in [5.74, 6) is 0.276. The molecule has 0 saturated carbocycles. The number of methoxy groups -OCH3 is 1. The fourth-order valence-corrected chi connectivity index (χ4v) is 1.98. The maximum atomic E-state index is 13.1. The summed E-state index contributed by atoms with van der Waals surface area (Å²) < 4.78 is 23.6. The largest absolute Gasteiger partial charge is 0.497 e. The lowest BCUT2D eigenvalue weighted by atomic mass is 9.79. The molecule has 0 aliphatic carbocycles. The molecule has 0 aromatic heterocycles. The smallest absolute Gasteiger partial charge is 0.492 e. The molecule has 2 rings (SSSR count). The van der Waals surface area contributed by atoms with Crippen molar-refractivity contribution in [3.8, 4) is 11.5 Å². The molecule has 0 atom stereocenters. The summed E-state index contributed by atoms with van der Waals surface area (Å²) in [5, 5.41) is 18.7. The van der Waals surface area contributed by atoms with Crippen molar-refractivity contribution < 1.29 is 23.9 Å². The molecule has 0 saturated heterocycles. The number of rotatable bonds is 5. The average molecular weight is 311 g/mol. The van der Waals surface area contributed by atoms with Crippen LogP contribution in [0.2, 0.25) is 5.02 Å². The standard InChI is InChI=1S/C14H13BClFO4/c1-20-10-3-5-14(11(7-10)15(18)19)21-8-9-2-4-13(17)12(16)6-9/h2-7,18-19H,8H2,1H3. The highest BCUT2D eigenvalue weighted by molar-refractivity contribution is 6.59. The number of hydrogen-bond donors (Lipinski definition) is 2. The van der Waals surface area contributed by atoms with Gasteiger partial charge in [0.25, 0.3) is 0 Å². The number of benzene rings is 2. The maximum Gasteiger partial charge on any atom is 0.492 e. The van der Waals surface area contributed by atoms with Gasteiger partial charge in [-0.3, -0.25) is 0 Å². The van der Waals surface area contributed by atoms with Crippen LogP contribution in [0.25, 0.3) is 0 Å². The third kappa shape index (κ3) is 3.88. The first-order valence-corrected chi connectivity index (χ1v) is 6.50. The summed E-state index contributed by atoms with van der Waals surface area (Å²) >= 11 is 5.69. The lowest BCUT2D eigenvalue weighted by Crippen LogP contribution is -2.31. The Balaban J connectivity index is 2.17. The lowest BCUT2D eigenvalue weighted by Gasteiger charge is -2.12. The van der Waals surface area contributed by atoms with Crippen molar-refractivity contribution in [1.82, 2.24) is 0 Å². The predicted octanol–water partition coefficient (Wildman–Crippen LogP) is 1.75. The zero-order valence-electron chi connectivity index (χ0n) is 11.2. The highest BCUT2D eigenvalue weighted by atomic mass is 35.5. The number of hydrogen-bond acceptors (Lipinski definition) is 4. The van der Waals surface area contributed by atoms with E-state index in [0.717, 1.165) is 0 Å². The molecular formula is C14H13BClFO4. The van der Waals surface area contributed by atoms with Gasteiger partial charge in [0, 0.05) is 5.46 Å². The van der Waals surface area contributed by atoms with E-state index in [-0.39, 0.29) is 17.1 Å². The third-order valence-corrected chi connectivity index (χ3v) is 3.16.